The molecule has 3 aliphatic heterocycles. The number of carbonyl (C=O) groups excluding carboxylic acids is 2. The fraction of sp³-hybridized carbons (Fsp3) is 0.517. The summed E-state index contributed by atoms with van der Waals surface area (Å²) in [6.07, 6.45) is -9.35. The highest BCUT2D eigenvalue weighted by Gasteiger charge is 2.70. The van der Waals surface area contributed by atoms with E-state index in [0.29, 0.717) is 11.1 Å². The van der Waals surface area contributed by atoms with Crippen molar-refractivity contribution in [3.8, 4) is 28.7 Å². The molecule has 17 heteroatoms. The van der Waals surface area contributed by atoms with Crippen LogP contribution in [0.5, 0.6) is 28.7 Å². The molecule has 0 saturated carbocycles. The molecule has 7 N–H and O–H groups in total. The number of fused-ring (bicyclic) bond motifs is 3. The second-order valence-electron chi connectivity index (χ2n) is 11.4. The van der Waals surface area contributed by atoms with E-state index in [1.54, 1.807) is 0 Å². The van der Waals surface area contributed by atoms with E-state index in [-0.39, 0.29) is 47.7 Å². The number of hydrogen-bond donors (Lipinski definition) is 7. The van der Waals surface area contributed by atoms with E-state index < -0.39 is 78.4 Å². The van der Waals surface area contributed by atoms with E-state index in [1.807, 2.05) is 0 Å². The molecule has 46 heavy (non-hydrogen) atoms. The number of benzene rings is 2. The summed E-state index contributed by atoms with van der Waals surface area (Å²) in [6, 6.07) is 4.54. The lowest BCUT2D eigenvalue weighted by Crippen LogP contribution is -2.74. The van der Waals surface area contributed by atoms with Crippen LogP contribution in [0.2, 0.25) is 0 Å². The first-order chi connectivity index (χ1) is 21.8. The summed E-state index contributed by atoms with van der Waals surface area (Å²) in [5, 5.41) is 63.3. The topological polar surface area (TPSA) is 223 Å². The minimum absolute atomic E-state index is 0.0161. The predicted octanol–water partition coefficient (Wildman–Crippen LogP) is -0.972. The van der Waals surface area contributed by atoms with Crippen molar-refractivity contribution in [2.45, 2.75) is 48.1 Å². The maximum Gasteiger partial charge on any atom is 0.379 e. The number of amides is 1. The molecule has 6 rings (SSSR count). The van der Waals surface area contributed by atoms with Crippen LogP contribution < -0.4 is 24.3 Å². The van der Waals surface area contributed by atoms with Crippen molar-refractivity contribution in [3.63, 3.8) is 0 Å². The van der Waals surface area contributed by atoms with Gasteiger partial charge in [0.15, 0.2) is 23.0 Å². The van der Waals surface area contributed by atoms with Crippen LogP contribution in [0.1, 0.15) is 28.7 Å². The molecule has 0 spiro atoms. The zero-order chi connectivity index (χ0) is 33.3. The molecule has 9 atom stereocenters. The Bertz CT molecular complexity index is 1530. The molecule has 0 unspecified atom stereocenters. The summed E-state index contributed by atoms with van der Waals surface area (Å²) in [7, 11) is 2.62. The van der Waals surface area contributed by atoms with Gasteiger partial charge in [-0.2, -0.15) is 8.78 Å². The van der Waals surface area contributed by atoms with Crippen molar-refractivity contribution >= 4 is 11.9 Å². The third-order valence-electron chi connectivity index (χ3n) is 9.04. The fourth-order valence-electron chi connectivity index (χ4n) is 6.65. The second kappa shape index (κ2) is 11.4. The Balaban J connectivity index is 1.45. The van der Waals surface area contributed by atoms with Gasteiger partial charge in [0.2, 0.25) is 12.5 Å². The van der Waals surface area contributed by atoms with Crippen LogP contribution >= 0.6 is 0 Å². The Labute approximate surface area is 258 Å². The number of nitrogens with one attached hydrogen (secondary N) is 1. The molecule has 2 saturated heterocycles. The molecular weight excluding hydrogens is 624 g/mol. The van der Waals surface area contributed by atoms with Crippen molar-refractivity contribution in [3.05, 3.63) is 41.0 Å². The van der Waals surface area contributed by atoms with E-state index in [4.69, 9.17) is 28.4 Å². The highest BCUT2D eigenvalue weighted by molar-refractivity contribution is 5.86. The molecule has 15 nitrogen and oxygen atoms in total. The number of aromatic hydroxyl groups is 1. The van der Waals surface area contributed by atoms with Gasteiger partial charge in [-0.3, -0.25) is 9.59 Å². The number of aliphatic hydroxyl groups is 5. The van der Waals surface area contributed by atoms with Gasteiger partial charge in [0.1, 0.15) is 24.4 Å². The number of ether oxygens (including phenoxy) is 6. The predicted molar refractivity (Wildman–Crippen MR) is 144 cm³/mol. The van der Waals surface area contributed by atoms with E-state index in [1.165, 1.54) is 38.5 Å². The van der Waals surface area contributed by atoms with Crippen LogP contribution in [0.4, 0.5) is 8.78 Å². The van der Waals surface area contributed by atoms with Crippen molar-refractivity contribution in [1.82, 2.24) is 5.32 Å². The molecule has 4 aliphatic rings. The summed E-state index contributed by atoms with van der Waals surface area (Å²) in [4.78, 5) is 26.7. The van der Waals surface area contributed by atoms with E-state index in [9.17, 15) is 40.2 Å². The first kappa shape index (κ1) is 32.0. The van der Waals surface area contributed by atoms with Crippen LogP contribution in [-0.4, -0.2) is 113 Å². The van der Waals surface area contributed by atoms with Crippen molar-refractivity contribution in [1.29, 1.82) is 0 Å². The quantitative estimate of drug-likeness (QED) is 0.178. The Morgan fingerprint density at radius 1 is 1.02 bits per heavy atom. The van der Waals surface area contributed by atoms with Gasteiger partial charge in [0, 0.05) is 11.8 Å². The third kappa shape index (κ3) is 4.60. The lowest BCUT2D eigenvalue weighted by Gasteiger charge is -2.48. The number of carbonyl (C=O) groups is 2. The van der Waals surface area contributed by atoms with Crippen LogP contribution in [-0.2, 0) is 19.1 Å². The summed E-state index contributed by atoms with van der Waals surface area (Å²) < 4.78 is 63.4. The number of hydrogen-bond acceptors (Lipinski definition) is 14. The summed E-state index contributed by atoms with van der Waals surface area (Å²) >= 11 is 0. The number of methoxy groups -OCH3 is 2. The molecule has 2 fully saturated rings. The Hall–Kier alpha value is -4.00. The standard InChI is InChI=1S/C29H31F2NO14/c1-41-16-3-10(4-17(42-2)22(16)34)19-11-5-14-15(45-9-44-14)6-12(11)21(13-8-43-26(38)20(13)19)32-27(39)28(30,31)29(40)25(37)24(36)23(35)18(7-33)46-29/h3-6,13,18-21,23-25,33-37,40H,7-9H2,1-2H3,(H,32,39)/t13-,18+,19+,20-,21+,23+,24-,25+,29+/m0/s1. The average Bonchev–Trinajstić information content (AvgIpc) is 3.67. The van der Waals surface area contributed by atoms with E-state index >= 15 is 8.78 Å². The number of phenols is 1. The highest BCUT2D eigenvalue weighted by atomic mass is 19.3. The van der Waals surface area contributed by atoms with Crippen LogP contribution in [0.15, 0.2) is 24.3 Å². The van der Waals surface area contributed by atoms with Crippen molar-refractivity contribution in [2.24, 2.45) is 11.8 Å². The molecule has 1 aliphatic carbocycles. The van der Waals surface area contributed by atoms with E-state index in [0.717, 1.165) is 0 Å². The minimum atomic E-state index is -5.00. The zero-order valence-electron chi connectivity index (χ0n) is 24.3. The number of aliphatic hydroxyl groups excluding tert-OH is 4. The number of phenolic OH excluding ortho intramolecular Hbond substituents is 1. The van der Waals surface area contributed by atoms with Crippen molar-refractivity contribution in [2.75, 3.05) is 34.2 Å². The molecule has 1 amide bonds. The molecule has 0 radical (unpaired) electrons. The van der Waals surface area contributed by atoms with Gasteiger partial charge in [-0.15, -0.1) is 0 Å². The lowest BCUT2D eigenvalue weighted by atomic mass is 9.65. The largest absolute Gasteiger partial charge is 0.502 e. The maximum atomic E-state index is 15.8. The number of alkyl halides is 2. The number of halogens is 2. The third-order valence-corrected chi connectivity index (χ3v) is 9.04. The Morgan fingerprint density at radius 3 is 2.22 bits per heavy atom. The van der Waals surface area contributed by atoms with Gasteiger partial charge in [0.05, 0.1) is 39.4 Å². The first-order valence-electron chi connectivity index (χ1n) is 14.1. The van der Waals surface area contributed by atoms with Gasteiger partial charge < -0.3 is 64.4 Å². The normalized spacial score (nSPS) is 33.1. The maximum absolute atomic E-state index is 15.8. The van der Waals surface area contributed by atoms with Crippen LogP contribution in [0.3, 0.4) is 0 Å². The summed E-state index contributed by atoms with van der Waals surface area (Å²) in [5.41, 5.74) is 0.954. The molecule has 0 bridgehead atoms. The van der Waals surface area contributed by atoms with E-state index in [2.05, 4.69) is 5.32 Å². The van der Waals surface area contributed by atoms with Gasteiger partial charge in [-0.25, -0.2) is 0 Å². The van der Waals surface area contributed by atoms with Crippen molar-refractivity contribution < 1.29 is 77.4 Å². The molecule has 250 valence electrons. The SMILES string of the molecule is COc1cc([C@@H]2c3cc4c(cc3[C@@H](NC(=O)C(F)(F)[C@]3(O)O[C@H](CO)[C@@H](O)[C@H](O)[C@H]3O)[C@H]3COC(=O)[C@H]23)OCO4)cc(OC)c1O. The minimum Gasteiger partial charge on any atom is -0.502 e. The van der Waals surface area contributed by atoms with Gasteiger partial charge >= 0.3 is 11.9 Å². The Morgan fingerprint density at radius 2 is 1.63 bits per heavy atom. The summed E-state index contributed by atoms with van der Waals surface area (Å²) in [6.45, 7) is -1.64. The molecule has 2 aromatic carbocycles. The molecule has 0 aromatic heterocycles. The molecular formula is C29H31F2NO14. The van der Waals surface area contributed by atoms with Crippen LogP contribution in [0.25, 0.3) is 0 Å². The highest BCUT2D eigenvalue weighted by Crippen LogP contribution is 2.56. The fourth-order valence-corrected chi connectivity index (χ4v) is 6.65. The van der Waals surface area contributed by atoms with Crippen LogP contribution in [0, 0.1) is 11.8 Å². The monoisotopic (exact) mass is 655 g/mol. The summed E-state index contributed by atoms with van der Waals surface area (Å²) in [5.74, 6) is -14.7. The average molecular weight is 656 g/mol. The Kier molecular flexibility index (Phi) is 7.89. The number of esters is 1. The number of cyclic esters (lactones) is 1. The zero-order valence-corrected chi connectivity index (χ0v) is 24.3. The van der Waals surface area contributed by atoms with Gasteiger partial charge in [0.25, 0.3) is 11.7 Å². The number of rotatable bonds is 7. The molecule has 3 heterocycles. The lowest BCUT2D eigenvalue weighted by molar-refractivity contribution is -0.401. The first-order valence-corrected chi connectivity index (χ1v) is 14.1. The second-order valence-corrected chi connectivity index (χ2v) is 11.4. The van der Waals surface area contributed by atoms with Gasteiger partial charge in [-0.1, -0.05) is 0 Å². The molecule has 2 aromatic rings. The van der Waals surface area contributed by atoms with Gasteiger partial charge in [-0.05, 0) is 41.0 Å². The smallest absolute Gasteiger partial charge is 0.379 e.